The number of thioether (sulfide) groups is 1. The predicted molar refractivity (Wildman–Crippen MR) is 125 cm³/mol. The van der Waals surface area contributed by atoms with Crippen molar-refractivity contribution in [3.05, 3.63) is 24.3 Å². The third kappa shape index (κ3) is 6.38. The maximum Gasteiger partial charge on any atom is 0.407 e. The summed E-state index contributed by atoms with van der Waals surface area (Å²) in [4.78, 5) is 30.3. The number of fused-ring (bicyclic) bond motifs is 1. The Morgan fingerprint density at radius 3 is 2.53 bits per heavy atom. The summed E-state index contributed by atoms with van der Waals surface area (Å²) >= 11 is 1.31. The summed E-state index contributed by atoms with van der Waals surface area (Å²) in [6.45, 7) is 7.81. The second kappa shape index (κ2) is 9.70. The highest BCUT2D eigenvalue weighted by molar-refractivity contribution is 8.16. The van der Waals surface area contributed by atoms with Gasteiger partial charge in [0.1, 0.15) is 11.4 Å². The molecule has 2 aliphatic heterocycles. The Bertz CT molecular complexity index is 986. The monoisotopic (exact) mass is 483 g/mol. The molecule has 1 N–H and O–H groups in total. The van der Waals surface area contributed by atoms with E-state index in [1.807, 2.05) is 36.1 Å². The Morgan fingerprint density at radius 1 is 1.22 bits per heavy atom. The fourth-order valence-electron chi connectivity index (χ4n) is 3.48. The van der Waals surface area contributed by atoms with Gasteiger partial charge in [-0.25, -0.2) is 13.2 Å². The van der Waals surface area contributed by atoms with Crippen LogP contribution in [0.15, 0.2) is 29.3 Å². The van der Waals surface area contributed by atoms with E-state index >= 15 is 0 Å². The molecule has 2 unspecified atom stereocenters. The van der Waals surface area contributed by atoms with Crippen LogP contribution in [0.3, 0.4) is 0 Å². The van der Waals surface area contributed by atoms with E-state index in [4.69, 9.17) is 9.47 Å². The van der Waals surface area contributed by atoms with Gasteiger partial charge in [0.2, 0.25) is 5.91 Å². The molecule has 2 heterocycles. The van der Waals surface area contributed by atoms with Crippen molar-refractivity contribution < 1.29 is 27.5 Å². The van der Waals surface area contributed by atoms with Crippen molar-refractivity contribution in [3.8, 4) is 5.75 Å². The average Bonchev–Trinajstić information content (AvgIpc) is 3.12. The van der Waals surface area contributed by atoms with Crippen LogP contribution in [0.2, 0.25) is 0 Å². The van der Waals surface area contributed by atoms with Crippen LogP contribution < -0.4 is 15.0 Å². The first-order chi connectivity index (χ1) is 15.0. The van der Waals surface area contributed by atoms with Gasteiger partial charge < -0.3 is 19.7 Å². The summed E-state index contributed by atoms with van der Waals surface area (Å²) in [6, 6.07) is 7.01. The first kappa shape index (κ1) is 24.4. The van der Waals surface area contributed by atoms with Crippen molar-refractivity contribution in [1.82, 2.24) is 5.32 Å². The molecule has 32 heavy (non-hydrogen) atoms. The molecule has 0 aliphatic carbocycles. The normalized spacial score (nSPS) is 23.1. The molecule has 2 fully saturated rings. The lowest BCUT2D eigenvalue weighted by Gasteiger charge is -2.24. The Labute approximate surface area is 192 Å². The number of anilines is 1. The van der Waals surface area contributed by atoms with Crippen molar-refractivity contribution in [2.45, 2.75) is 51.0 Å². The number of hydrogen-bond donors (Lipinski definition) is 1. The Morgan fingerprint density at radius 2 is 1.91 bits per heavy atom. The standard InChI is InChI=1S/C21H29N3O6S2/c1-5-29-15-8-6-14(7-9-15)24-16-12-32(27,28)13-17(16)31-19(24)23-18(25)10-11-22-20(26)30-21(2,3)4/h6-9,16-17H,5,10-13H2,1-4H3,(H,22,26). The maximum atomic E-state index is 12.5. The number of amides is 2. The number of nitrogens with one attached hydrogen (secondary N) is 1. The fourth-order valence-corrected chi connectivity index (χ4v) is 7.42. The van der Waals surface area contributed by atoms with Crippen molar-refractivity contribution in [2.24, 2.45) is 4.99 Å². The van der Waals surface area contributed by atoms with E-state index < -0.39 is 27.4 Å². The number of hydrogen-bond acceptors (Lipinski definition) is 7. The van der Waals surface area contributed by atoms with E-state index in [0.29, 0.717) is 17.5 Å². The average molecular weight is 484 g/mol. The number of nitrogens with zero attached hydrogens (tertiary/aromatic N) is 2. The van der Waals surface area contributed by atoms with Gasteiger partial charge in [0.05, 0.1) is 24.2 Å². The van der Waals surface area contributed by atoms with Crippen molar-refractivity contribution >= 4 is 44.5 Å². The molecule has 2 atom stereocenters. The lowest BCUT2D eigenvalue weighted by Crippen LogP contribution is -2.37. The minimum atomic E-state index is -3.14. The third-order valence-electron chi connectivity index (χ3n) is 4.72. The molecule has 0 aromatic heterocycles. The van der Waals surface area contributed by atoms with Gasteiger partial charge in [-0.3, -0.25) is 4.79 Å². The number of ether oxygens (including phenoxy) is 2. The highest BCUT2D eigenvalue weighted by Gasteiger charge is 2.49. The second-order valence-corrected chi connectivity index (χ2v) is 11.9. The van der Waals surface area contributed by atoms with Gasteiger partial charge in [0.25, 0.3) is 0 Å². The molecule has 3 rings (SSSR count). The first-order valence-electron chi connectivity index (χ1n) is 10.4. The fraction of sp³-hybridized carbons (Fsp3) is 0.571. The summed E-state index contributed by atoms with van der Waals surface area (Å²) in [6.07, 6.45) is -0.586. The molecule has 1 aromatic rings. The number of carbonyl (C=O) groups excluding carboxylic acids is 2. The smallest absolute Gasteiger partial charge is 0.407 e. The van der Waals surface area contributed by atoms with Crippen LogP contribution in [0, 0.1) is 0 Å². The van der Waals surface area contributed by atoms with Crippen LogP contribution in [0.5, 0.6) is 5.75 Å². The van der Waals surface area contributed by atoms with Crippen LogP contribution in [-0.4, -0.2) is 67.1 Å². The van der Waals surface area contributed by atoms with Gasteiger partial charge in [-0.05, 0) is 52.0 Å². The van der Waals surface area contributed by atoms with E-state index in [2.05, 4.69) is 10.3 Å². The highest BCUT2D eigenvalue weighted by Crippen LogP contribution is 2.41. The first-order valence-corrected chi connectivity index (χ1v) is 13.1. The van der Waals surface area contributed by atoms with Gasteiger partial charge in [-0.15, -0.1) is 0 Å². The van der Waals surface area contributed by atoms with Crippen molar-refractivity contribution in [3.63, 3.8) is 0 Å². The van der Waals surface area contributed by atoms with Crippen LogP contribution >= 0.6 is 11.8 Å². The Kier molecular flexibility index (Phi) is 7.39. The van der Waals surface area contributed by atoms with Gasteiger partial charge >= 0.3 is 6.09 Å². The number of aliphatic imine (C=N–C) groups is 1. The van der Waals surface area contributed by atoms with Crippen LogP contribution in [-0.2, 0) is 19.4 Å². The molecule has 0 bridgehead atoms. The molecule has 2 saturated heterocycles. The molecular formula is C21H29N3O6S2. The van der Waals surface area contributed by atoms with Crippen molar-refractivity contribution in [1.29, 1.82) is 0 Å². The quantitative estimate of drug-likeness (QED) is 0.657. The van der Waals surface area contributed by atoms with Crippen LogP contribution in [0.1, 0.15) is 34.1 Å². The topological polar surface area (TPSA) is 114 Å². The number of amidine groups is 1. The van der Waals surface area contributed by atoms with Gasteiger partial charge in [-0.1, -0.05) is 11.8 Å². The van der Waals surface area contributed by atoms with Crippen LogP contribution in [0.4, 0.5) is 10.5 Å². The van der Waals surface area contributed by atoms with E-state index in [0.717, 1.165) is 5.69 Å². The van der Waals surface area contributed by atoms with E-state index in [1.54, 1.807) is 20.8 Å². The van der Waals surface area contributed by atoms with E-state index in [9.17, 15) is 18.0 Å². The minimum absolute atomic E-state index is 0.00799. The molecular weight excluding hydrogens is 454 g/mol. The minimum Gasteiger partial charge on any atom is -0.494 e. The molecule has 0 saturated carbocycles. The lowest BCUT2D eigenvalue weighted by molar-refractivity contribution is -0.117. The SMILES string of the molecule is CCOc1ccc(N2C(=NC(=O)CCNC(=O)OC(C)(C)C)SC3CS(=O)(=O)CC32)cc1. The number of carbonyl (C=O) groups is 2. The second-order valence-electron chi connectivity index (χ2n) is 8.56. The van der Waals surface area contributed by atoms with E-state index in [-0.39, 0.29) is 35.8 Å². The van der Waals surface area contributed by atoms with Gasteiger partial charge in [-0.2, -0.15) is 4.99 Å². The molecule has 0 radical (unpaired) electrons. The molecule has 0 spiro atoms. The Hall–Kier alpha value is -2.27. The zero-order valence-electron chi connectivity index (χ0n) is 18.7. The summed E-state index contributed by atoms with van der Waals surface area (Å²) in [7, 11) is -3.14. The van der Waals surface area contributed by atoms with Gasteiger partial charge in [0.15, 0.2) is 15.0 Å². The zero-order chi connectivity index (χ0) is 23.5. The number of benzene rings is 1. The van der Waals surface area contributed by atoms with Crippen LogP contribution in [0.25, 0.3) is 0 Å². The largest absolute Gasteiger partial charge is 0.494 e. The summed E-state index contributed by atoms with van der Waals surface area (Å²) in [5.41, 5.74) is 0.134. The summed E-state index contributed by atoms with van der Waals surface area (Å²) in [5.74, 6) is 0.387. The summed E-state index contributed by atoms with van der Waals surface area (Å²) in [5, 5.41) is 2.83. The Balaban J connectivity index is 1.71. The predicted octanol–water partition coefficient (Wildman–Crippen LogP) is 2.60. The number of alkyl carbamates (subject to hydrolysis) is 1. The molecule has 2 amide bonds. The number of sulfone groups is 1. The highest BCUT2D eigenvalue weighted by atomic mass is 32.2. The molecule has 176 valence electrons. The lowest BCUT2D eigenvalue weighted by atomic mass is 10.2. The maximum absolute atomic E-state index is 12.5. The molecule has 11 heteroatoms. The molecule has 9 nitrogen and oxygen atoms in total. The third-order valence-corrected chi connectivity index (χ3v) is 7.93. The zero-order valence-corrected chi connectivity index (χ0v) is 20.3. The van der Waals surface area contributed by atoms with Gasteiger partial charge in [0, 0.05) is 23.9 Å². The summed E-state index contributed by atoms with van der Waals surface area (Å²) < 4.78 is 35.0. The molecule has 1 aromatic carbocycles. The van der Waals surface area contributed by atoms with Crippen molar-refractivity contribution in [2.75, 3.05) is 29.6 Å². The number of rotatable bonds is 6. The molecule has 2 aliphatic rings. The van der Waals surface area contributed by atoms with E-state index in [1.165, 1.54) is 11.8 Å².